The van der Waals surface area contributed by atoms with Gasteiger partial charge in [-0.15, -0.1) is 0 Å². The molecule has 0 saturated carbocycles. The molecule has 34 heavy (non-hydrogen) atoms. The summed E-state index contributed by atoms with van der Waals surface area (Å²) in [6.45, 7) is 4.94. The van der Waals surface area contributed by atoms with Gasteiger partial charge in [0.1, 0.15) is 18.0 Å². The fourth-order valence-electron chi connectivity index (χ4n) is 3.03. The lowest BCUT2D eigenvalue weighted by atomic mass is 10.1. The molecule has 0 radical (unpaired) electrons. The molecule has 2 heterocycles. The third-order valence-electron chi connectivity index (χ3n) is 5.13. The lowest BCUT2D eigenvalue weighted by molar-refractivity contribution is -0.123. The molecule has 0 fully saturated rings. The molecule has 2 aromatic heterocycles. The van der Waals surface area contributed by atoms with E-state index in [2.05, 4.69) is 20.7 Å². The highest BCUT2D eigenvalue weighted by Crippen LogP contribution is 2.19. The van der Waals surface area contributed by atoms with E-state index in [0.717, 1.165) is 11.1 Å². The highest BCUT2D eigenvalue weighted by molar-refractivity contribution is 5.97. The zero-order valence-electron chi connectivity index (χ0n) is 19.5. The highest BCUT2D eigenvalue weighted by Gasteiger charge is 2.20. The van der Waals surface area contributed by atoms with Crippen LogP contribution in [-0.2, 0) is 16.6 Å². The summed E-state index contributed by atoms with van der Waals surface area (Å²) in [5.41, 5.74) is 2.05. The molecule has 0 aliphatic heterocycles. The van der Waals surface area contributed by atoms with Crippen LogP contribution in [0.25, 0.3) is 11.1 Å². The van der Waals surface area contributed by atoms with E-state index in [4.69, 9.17) is 4.74 Å². The number of carbonyl (C=O) groups is 3. The molecule has 0 spiro atoms. The lowest BCUT2D eigenvalue weighted by Crippen LogP contribution is -2.39. The van der Waals surface area contributed by atoms with Crippen molar-refractivity contribution in [3.8, 4) is 11.1 Å². The second-order valence-corrected chi connectivity index (χ2v) is 7.84. The Labute approximate surface area is 196 Å². The predicted molar refractivity (Wildman–Crippen MR) is 124 cm³/mol. The molecular formula is C23H28N6O5. The highest BCUT2D eigenvalue weighted by atomic mass is 16.6. The van der Waals surface area contributed by atoms with Crippen molar-refractivity contribution >= 4 is 23.7 Å². The second kappa shape index (κ2) is 10.8. The molecule has 0 aliphatic rings. The normalized spacial score (nSPS) is 12.6. The summed E-state index contributed by atoms with van der Waals surface area (Å²) in [5, 5.41) is 19.3. The first-order valence-electron chi connectivity index (χ1n) is 10.8. The Hall–Kier alpha value is -3.99. The Morgan fingerprint density at radius 2 is 1.97 bits per heavy atom. The van der Waals surface area contributed by atoms with Gasteiger partial charge in [0.15, 0.2) is 5.82 Å². The van der Waals surface area contributed by atoms with Gasteiger partial charge in [-0.1, -0.05) is 19.1 Å². The molecule has 2 amide bonds. The molecule has 1 aromatic carbocycles. The van der Waals surface area contributed by atoms with E-state index in [-0.39, 0.29) is 18.5 Å². The molecule has 180 valence electrons. The van der Waals surface area contributed by atoms with Crippen LogP contribution < -0.4 is 10.6 Å². The van der Waals surface area contributed by atoms with E-state index in [9.17, 15) is 19.5 Å². The Morgan fingerprint density at radius 3 is 2.65 bits per heavy atom. The van der Waals surface area contributed by atoms with Crippen LogP contribution in [0.3, 0.4) is 0 Å². The van der Waals surface area contributed by atoms with Crippen molar-refractivity contribution in [2.24, 2.45) is 7.05 Å². The standard InChI is InChI=1S/C23H28N6O5/c1-5-14(2)34-23(33)29-13-20(26-15(29)3)27-22(32)19(30)11-24-21(31)17-8-6-7-16(9-17)18-10-25-28(4)12-18/h6-10,12-14,19,30H,5,11H2,1-4H3,(H,24,31)(H,27,32)/t14?,19-/m1/s1. The second-order valence-electron chi connectivity index (χ2n) is 7.84. The monoisotopic (exact) mass is 468 g/mol. The molecule has 2 atom stereocenters. The largest absolute Gasteiger partial charge is 0.446 e. The summed E-state index contributed by atoms with van der Waals surface area (Å²) in [5.74, 6) is -0.812. The molecule has 11 nitrogen and oxygen atoms in total. The van der Waals surface area contributed by atoms with Crippen molar-refractivity contribution in [2.45, 2.75) is 39.4 Å². The number of anilines is 1. The van der Waals surface area contributed by atoms with Crippen LogP contribution in [0.1, 0.15) is 36.5 Å². The van der Waals surface area contributed by atoms with Crippen molar-refractivity contribution in [3.05, 3.63) is 54.2 Å². The molecule has 3 aromatic rings. The van der Waals surface area contributed by atoms with Gasteiger partial charge in [-0.25, -0.2) is 14.3 Å². The van der Waals surface area contributed by atoms with Gasteiger partial charge in [-0.3, -0.25) is 14.3 Å². The summed E-state index contributed by atoms with van der Waals surface area (Å²) < 4.78 is 8.08. The van der Waals surface area contributed by atoms with Gasteiger partial charge < -0.3 is 20.5 Å². The minimum atomic E-state index is -1.53. The fraction of sp³-hybridized carbons (Fsp3) is 0.348. The summed E-state index contributed by atoms with van der Waals surface area (Å²) >= 11 is 0. The number of aromatic nitrogens is 4. The molecule has 0 saturated heterocycles. The van der Waals surface area contributed by atoms with Gasteiger partial charge in [0.25, 0.3) is 11.8 Å². The lowest BCUT2D eigenvalue weighted by Gasteiger charge is -2.12. The maximum absolute atomic E-state index is 12.5. The van der Waals surface area contributed by atoms with Crippen molar-refractivity contribution in [2.75, 3.05) is 11.9 Å². The topological polar surface area (TPSA) is 140 Å². The molecule has 3 rings (SSSR count). The zero-order chi connectivity index (χ0) is 24.8. The molecular weight excluding hydrogens is 440 g/mol. The van der Waals surface area contributed by atoms with E-state index >= 15 is 0 Å². The van der Waals surface area contributed by atoms with Gasteiger partial charge in [0.2, 0.25) is 0 Å². The smallest absolute Gasteiger partial charge is 0.419 e. The third kappa shape index (κ3) is 6.07. The average Bonchev–Trinajstić information content (AvgIpc) is 3.42. The van der Waals surface area contributed by atoms with Crippen LogP contribution in [0.15, 0.2) is 42.9 Å². The maximum Gasteiger partial charge on any atom is 0.419 e. The summed E-state index contributed by atoms with van der Waals surface area (Å²) in [6.07, 6.45) is 3.10. The number of rotatable bonds is 8. The van der Waals surface area contributed by atoms with E-state index < -0.39 is 24.0 Å². The molecule has 0 bridgehead atoms. The predicted octanol–water partition coefficient (Wildman–Crippen LogP) is 2.10. The van der Waals surface area contributed by atoms with Gasteiger partial charge in [0.05, 0.1) is 18.9 Å². The van der Waals surface area contributed by atoms with Crippen molar-refractivity contribution < 1.29 is 24.2 Å². The number of nitrogens with one attached hydrogen (secondary N) is 2. The van der Waals surface area contributed by atoms with Crippen molar-refractivity contribution in [1.29, 1.82) is 0 Å². The average molecular weight is 469 g/mol. The number of ether oxygens (including phenoxy) is 1. The third-order valence-corrected chi connectivity index (χ3v) is 5.13. The van der Waals surface area contributed by atoms with E-state index in [1.165, 1.54) is 10.8 Å². The fourth-order valence-corrected chi connectivity index (χ4v) is 3.03. The van der Waals surface area contributed by atoms with Gasteiger partial charge in [0, 0.05) is 24.4 Å². The first-order valence-corrected chi connectivity index (χ1v) is 10.8. The first-order chi connectivity index (χ1) is 16.2. The number of carbonyl (C=O) groups excluding carboxylic acids is 3. The summed E-state index contributed by atoms with van der Waals surface area (Å²) in [7, 11) is 1.80. The van der Waals surface area contributed by atoms with Gasteiger partial charge in [-0.05, 0) is 38.0 Å². The Kier molecular flexibility index (Phi) is 7.79. The number of hydrogen-bond acceptors (Lipinski definition) is 7. The zero-order valence-corrected chi connectivity index (χ0v) is 19.5. The van der Waals surface area contributed by atoms with E-state index in [1.54, 1.807) is 50.0 Å². The van der Waals surface area contributed by atoms with Crippen LogP contribution in [0.2, 0.25) is 0 Å². The summed E-state index contributed by atoms with van der Waals surface area (Å²) in [6, 6.07) is 6.93. The molecule has 3 N–H and O–H groups in total. The first kappa shape index (κ1) is 24.6. The maximum atomic E-state index is 12.5. The Balaban J connectivity index is 1.56. The molecule has 11 heteroatoms. The van der Waals surface area contributed by atoms with Crippen molar-refractivity contribution in [3.63, 3.8) is 0 Å². The minimum absolute atomic E-state index is 0.0816. The number of aliphatic hydroxyl groups excluding tert-OH is 1. The van der Waals surface area contributed by atoms with Crippen LogP contribution in [0.4, 0.5) is 10.6 Å². The van der Waals surface area contributed by atoms with Crippen LogP contribution in [-0.4, -0.2) is 61.1 Å². The van der Waals surface area contributed by atoms with E-state index in [1.807, 2.05) is 19.2 Å². The number of aliphatic hydroxyl groups is 1. The number of aryl methyl sites for hydroxylation is 2. The van der Waals surface area contributed by atoms with Crippen LogP contribution >= 0.6 is 0 Å². The number of hydrogen-bond donors (Lipinski definition) is 3. The number of benzene rings is 1. The number of nitrogens with zero attached hydrogens (tertiary/aromatic N) is 4. The minimum Gasteiger partial charge on any atom is -0.446 e. The van der Waals surface area contributed by atoms with Crippen LogP contribution in [0.5, 0.6) is 0 Å². The number of imidazole rings is 1. The van der Waals surface area contributed by atoms with E-state index in [0.29, 0.717) is 17.8 Å². The quantitative estimate of drug-likeness (QED) is 0.460. The molecule has 1 unspecified atom stereocenters. The Morgan fingerprint density at radius 1 is 1.21 bits per heavy atom. The number of amides is 2. The summed E-state index contributed by atoms with van der Waals surface area (Å²) in [4.78, 5) is 41.1. The molecule has 0 aliphatic carbocycles. The van der Waals surface area contributed by atoms with Crippen molar-refractivity contribution in [1.82, 2.24) is 24.6 Å². The SMILES string of the molecule is CCC(C)OC(=O)n1cc(NC(=O)[C@H](O)CNC(=O)c2cccc(-c3cnn(C)c3)c2)nc1C. The Bertz CT molecular complexity index is 1180. The van der Waals surface area contributed by atoms with Crippen LogP contribution in [0, 0.1) is 6.92 Å². The van der Waals surface area contributed by atoms with Gasteiger partial charge in [-0.2, -0.15) is 5.10 Å². The van der Waals surface area contributed by atoms with Gasteiger partial charge >= 0.3 is 6.09 Å².